The van der Waals surface area contributed by atoms with Gasteiger partial charge in [0.1, 0.15) is 11.2 Å². The number of benzene rings is 1. The molecule has 0 aliphatic heterocycles. The molecule has 0 saturated carbocycles. The minimum absolute atomic E-state index is 0.138. The molecule has 27 heavy (non-hydrogen) atoms. The topological polar surface area (TPSA) is 77.1 Å². The molecule has 0 aliphatic rings. The fraction of sp³-hybridized carbons (Fsp3) is 0.105. The summed E-state index contributed by atoms with van der Waals surface area (Å²) in [6.45, 7) is 3.71. The van der Waals surface area contributed by atoms with Crippen LogP contribution in [-0.2, 0) is 0 Å². The Kier molecular flexibility index (Phi) is 4.45. The first-order valence-corrected chi connectivity index (χ1v) is 9.70. The number of furan rings is 1. The number of halogens is 1. The molecule has 0 saturated heterocycles. The van der Waals surface area contributed by atoms with Gasteiger partial charge in [0, 0.05) is 16.0 Å². The largest absolute Gasteiger partial charge is 0.444 e. The maximum absolute atomic E-state index is 13.1. The molecule has 6 nitrogen and oxygen atoms in total. The highest BCUT2D eigenvalue weighted by Gasteiger charge is 2.19. The van der Waals surface area contributed by atoms with Gasteiger partial charge in [0.05, 0.1) is 5.39 Å². The predicted molar refractivity (Wildman–Crippen MR) is 109 cm³/mol. The van der Waals surface area contributed by atoms with Crippen LogP contribution in [0.1, 0.15) is 21.0 Å². The Morgan fingerprint density at radius 2 is 2.00 bits per heavy atom. The fourth-order valence-corrected chi connectivity index (χ4v) is 4.47. The average molecular weight is 444 g/mol. The average Bonchev–Trinajstić information content (AvgIpc) is 3.16. The SMILES string of the molecule is Cc1cc(Br)oc1C(=O)Nn1cnc2sc(C)c(-c3ccccc3)c2c1=O. The lowest BCUT2D eigenvalue weighted by Crippen LogP contribution is -2.33. The second kappa shape index (κ2) is 6.79. The minimum atomic E-state index is -0.519. The van der Waals surface area contributed by atoms with Crippen LogP contribution in [0.15, 0.2) is 56.6 Å². The van der Waals surface area contributed by atoms with E-state index in [1.165, 1.54) is 17.7 Å². The summed E-state index contributed by atoms with van der Waals surface area (Å²) in [6, 6.07) is 11.4. The molecule has 1 amide bonds. The molecule has 1 aromatic carbocycles. The molecule has 0 unspecified atom stereocenters. The second-order valence-electron chi connectivity index (χ2n) is 6.00. The molecular weight excluding hydrogens is 430 g/mol. The van der Waals surface area contributed by atoms with Crippen molar-refractivity contribution in [3.05, 3.63) is 73.9 Å². The highest BCUT2D eigenvalue weighted by molar-refractivity contribution is 9.10. The van der Waals surface area contributed by atoms with Crippen LogP contribution in [0.4, 0.5) is 0 Å². The number of fused-ring (bicyclic) bond motifs is 1. The van der Waals surface area contributed by atoms with Gasteiger partial charge >= 0.3 is 5.91 Å². The van der Waals surface area contributed by atoms with Crippen LogP contribution in [0.3, 0.4) is 0 Å². The lowest BCUT2D eigenvalue weighted by molar-refractivity contribution is 0.0978. The minimum Gasteiger partial charge on any atom is -0.444 e. The van der Waals surface area contributed by atoms with E-state index in [9.17, 15) is 9.59 Å². The molecule has 0 bridgehead atoms. The summed E-state index contributed by atoms with van der Waals surface area (Å²) in [7, 11) is 0. The zero-order chi connectivity index (χ0) is 19.1. The van der Waals surface area contributed by atoms with Crippen molar-refractivity contribution in [3.8, 4) is 11.1 Å². The van der Waals surface area contributed by atoms with Crippen molar-refractivity contribution in [1.29, 1.82) is 0 Å². The van der Waals surface area contributed by atoms with Crippen molar-refractivity contribution < 1.29 is 9.21 Å². The lowest BCUT2D eigenvalue weighted by Gasteiger charge is -2.07. The van der Waals surface area contributed by atoms with Gasteiger partial charge in [0.2, 0.25) is 0 Å². The van der Waals surface area contributed by atoms with E-state index >= 15 is 0 Å². The molecule has 4 rings (SSSR count). The summed E-state index contributed by atoms with van der Waals surface area (Å²) in [6.07, 6.45) is 1.32. The number of aryl methyl sites for hydroxylation is 2. The molecule has 136 valence electrons. The van der Waals surface area contributed by atoms with Crippen LogP contribution >= 0.6 is 27.3 Å². The van der Waals surface area contributed by atoms with Crippen LogP contribution in [0.25, 0.3) is 21.3 Å². The third kappa shape index (κ3) is 3.11. The normalized spacial score (nSPS) is 11.1. The number of nitrogens with one attached hydrogen (secondary N) is 1. The first-order chi connectivity index (χ1) is 13.0. The first kappa shape index (κ1) is 17.7. The Morgan fingerprint density at radius 3 is 2.67 bits per heavy atom. The second-order valence-corrected chi connectivity index (χ2v) is 7.99. The van der Waals surface area contributed by atoms with Gasteiger partial charge in [-0.1, -0.05) is 30.3 Å². The zero-order valence-corrected chi connectivity index (χ0v) is 16.8. The number of hydrogen-bond acceptors (Lipinski definition) is 5. The van der Waals surface area contributed by atoms with Gasteiger partial charge in [-0.3, -0.25) is 15.0 Å². The van der Waals surface area contributed by atoms with Gasteiger partial charge in [-0.25, -0.2) is 9.66 Å². The Morgan fingerprint density at radius 1 is 1.26 bits per heavy atom. The summed E-state index contributed by atoms with van der Waals surface area (Å²) in [5, 5.41) is 0.490. The molecule has 3 heterocycles. The summed E-state index contributed by atoms with van der Waals surface area (Å²) in [5.41, 5.74) is 4.67. The fourth-order valence-electron chi connectivity index (χ4n) is 2.96. The van der Waals surface area contributed by atoms with Gasteiger partial charge in [-0.15, -0.1) is 11.3 Å². The number of amides is 1. The number of carbonyl (C=O) groups excluding carboxylic acids is 1. The van der Waals surface area contributed by atoms with Crippen LogP contribution in [0.2, 0.25) is 0 Å². The maximum atomic E-state index is 13.1. The Hall–Kier alpha value is -2.71. The first-order valence-electron chi connectivity index (χ1n) is 8.09. The summed E-state index contributed by atoms with van der Waals surface area (Å²) < 4.78 is 6.89. The van der Waals surface area contributed by atoms with E-state index in [-0.39, 0.29) is 11.3 Å². The van der Waals surface area contributed by atoms with Crippen molar-refractivity contribution in [1.82, 2.24) is 9.66 Å². The highest BCUT2D eigenvalue weighted by atomic mass is 79.9. The maximum Gasteiger partial charge on any atom is 0.306 e. The van der Waals surface area contributed by atoms with E-state index in [4.69, 9.17) is 4.42 Å². The summed E-state index contributed by atoms with van der Waals surface area (Å²) in [4.78, 5) is 31.5. The van der Waals surface area contributed by atoms with E-state index in [0.717, 1.165) is 20.7 Å². The molecule has 0 aliphatic carbocycles. The number of aromatic nitrogens is 2. The smallest absolute Gasteiger partial charge is 0.306 e. The predicted octanol–water partition coefficient (Wildman–Crippen LogP) is 4.48. The number of nitrogens with zero attached hydrogens (tertiary/aromatic N) is 2. The zero-order valence-electron chi connectivity index (χ0n) is 14.4. The van der Waals surface area contributed by atoms with Crippen LogP contribution < -0.4 is 11.0 Å². The molecule has 0 spiro atoms. The van der Waals surface area contributed by atoms with E-state index in [0.29, 0.717) is 20.4 Å². The van der Waals surface area contributed by atoms with Crippen molar-refractivity contribution in [2.75, 3.05) is 5.43 Å². The number of carbonyl (C=O) groups is 1. The van der Waals surface area contributed by atoms with Gasteiger partial charge < -0.3 is 4.42 Å². The van der Waals surface area contributed by atoms with Gasteiger partial charge in [0.15, 0.2) is 10.4 Å². The van der Waals surface area contributed by atoms with Crippen molar-refractivity contribution in [3.63, 3.8) is 0 Å². The standard InChI is InChI=1S/C19H14BrN3O3S/c1-10-8-13(20)26-16(10)17(24)22-23-9-21-18-15(19(23)25)14(11(2)27-18)12-6-4-3-5-7-12/h3-9H,1-2H3,(H,22,24). The van der Waals surface area contributed by atoms with E-state index in [1.54, 1.807) is 13.0 Å². The molecule has 0 fully saturated rings. The molecule has 8 heteroatoms. The van der Waals surface area contributed by atoms with Crippen molar-refractivity contribution >= 4 is 43.4 Å². The molecule has 1 N–H and O–H groups in total. The molecule has 3 aromatic heterocycles. The third-order valence-electron chi connectivity index (χ3n) is 4.17. The van der Waals surface area contributed by atoms with E-state index in [1.807, 2.05) is 37.3 Å². The number of rotatable bonds is 3. The van der Waals surface area contributed by atoms with Crippen LogP contribution in [0, 0.1) is 13.8 Å². The Bertz CT molecular complexity index is 1220. The van der Waals surface area contributed by atoms with Crippen LogP contribution in [0.5, 0.6) is 0 Å². The molecular formula is C19H14BrN3O3S. The van der Waals surface area contributed by atoms with Crippen molar-refractivity contribution in [2.24, 2.45) is 0 Å². The van der Waals surface area contributed by atoms with Gasteiger partial charge in [-0.2, -0.15) is 0 Å². The summed E-state index contributed by atoms with van der Waals surface area (Å²) in [5.74, 6) is -0.381. The van der Waals surface area contributed by atoms with Crippen molar-refractivity contribution in [2.45, 2.75) is 13.8 Å². The van der Waals surface area contributed by atoms with E-state index < -0.39 is 5.91 Å². The Labute approximate surface area is 166 Å². The molecule has 4 aromatic rings. The van der Waals surface area contributed by atoms with Gasteiger partial charge in [-0.05, 0) is 41.4 Å². The quantitative estimate of drug-likeness (QED) is 0.506. The lowest BCUT2D eigenvalue weighted by atomic mass is 10.0. The van der Waals surface area contributed by atoms with Gasteiger partial charge in [0.25, 0.3) is 5.56 Å². The number of thiophene rings is 1. The Balaban J connectivity index is 1.82. The van der Waals surface area contributed by atoms with Crippen LogP contribution in [-0.4, -0.2) is 15.6 Å². The monoisotopic (exact) mass is 443 g/mol. The van der Waals surface area contributed by atoms with E-state index in [2.05, 4.69) is 26.3 Å². The highest BCUT2D eigenvalue weighted by Crippen LogP contribution is 2.35. The molecule has 0 radical (unpaired) electrons. The summed E-state index contributed by atoms with van der Waals surface area (Å²) >= 11 is 4.65. The number of hydrogen-bond donors (Lipinski definition) is 1. The molecule has 0 atom stereocenters. The third-order valence-corrected chi connectivity index (χ3v) is 5.57.